The molecule has 0 amide bonds. The van der Waals surface area contributed by atoms with Crippen molar-refractivity contribution >= 4 is 5.97 Å². The van der Waals surface area contributed by atoms with Crippen LogP contribution in [-0.2, 0) is 9.53 Å². The molecule has 106 valence electrons. The van der Waals surface area contributed by atoms with Crippen LogP contribution in [0.15, 0.2) is 23.8 Å². The molecule has 0 N–H and O–H groups in total. The molecule has 2 aliphatic carbocycles. The van der Waals surface area contributed by atoms with Gasteiger partial charge < -0.3 is 4.74 Å². The summed E-state index contributed by atoms with van der Waals surface area (Å²) in [6.45, 7) is 12.6. The fraction of sp³-hybridized carbons (Fsp3) is 0.706. The van der Waals surface area contributed by atoms with E-state index < -0.39 is 0 Å². The zero-order valence-corrected chi connectivity index (χ0v) is 12.7. The lowest BCUT2D eigenvalue weighted by Gasteiger charge is -2.52. The summed E-state index contributed by atoms with van der Waals surface area (Å²) < 4.78 is 5.44. The lowest BCUT2D eigenvalue weighted by molar-refractivity contribution is -0.144. The number of esters is 1. The van der Waals surface area contributed by atoms with Gasteiger partial charge in [0.05, 0.1) is 0 Å². The van der Waals surface area contributed by atoms with Gasteiger partial charge in [-0.2, -0.15) is 0 Å². The molecular formula is C17H26O2. The standard InChI is InChI=1S/C17H26O2/c1-11-7-9-16(19-13(3)18)12(2)6-8-15-14(11)10-17(15,4)5/h6,14-16H,1,7-10H2,2-5H3/b12-6-. The van der Waals surface area contributed by atoms with Crippen LogP contribution in [0.5, 0.6) is 0 Å². The minimum atomic E-state index is -0.189. The Morgan fingerprint density at radius 1 is 1.47 bits per heavy atom. The molecule has 0 aromatic carbocycles. The first-order valence-corrected chi connectivity index (χ1v) is 7.33. The summed E-state index contributed by atoms with van der Waals surface area (Å²) in [5.74, 6) is 1.17. The highest BCUT2D eigenvalue weighted by Gasteiger charge is 2.47. The van der Waals surface area contributed by atoms with Crippen LogP contribution in [0, 0.1) is 17.3 Å². The normalized spacial score (nSPS) is 36.7. The van der Waals surface area contributed by atoms with E-state index in [0.717, 1.165) is 19.3 Å². The van der Waals surface area contributed by atoms with E-state index in [1.54, 1.807) is 0 Å². The Balaban J connectivity index is 2.16. The number of allylic oxidation sites excluding steroid dienone is 2. The predicted octanol–water partition coefficient (Wildman–Crippen LogP) is 4.27. The molecule has 19 heavy (non-hydrogen) atoms. The van der Waals surface area contributed by atoms with Crippen molar-refractivity contribution in [3.05, 3.63) is 23.8 Å². The summed E-state index contributed by atoms with van der Waals surface area (Å²) in [4.78, 5) is 11.2. The van der Waals surface area contributed by atoms with E-state index in [0.29, 0.717) is 17.3 Å². The summed E-state index contributed by atoms with van der Waals surface area (Å²) in [6.07, 6.45) is 6.41. The summed E-state index contributed by atoms with van der Waals surface area (Å²) in [6, 6.07) is 0. The highest BCUT2D eigenvalue weighted by molar-refractivity contribution is 5.66. The van der Waals surface area contributed by atoms with Crippen LogP contribution >= 0.6 is 0 Å². The van der Waals surface area contributed by atoms with Crippen molar-refractivity contribution in [1.29, 1.82) is 0 Å². The zero-order chi connectivity index (χ0) is 14.2. The molecule has 0 saturated heterocycles. The van der Waals surface area contributed by atoms with E-state index in [9.17, 15) is 4.79 Å². The number of ether oxygens (including phenoxy) is 1. The van der Waals surface area contributed by atoms with Crippen LogP contribution < -0.4 is 0 Å². The van der Waals surface area contributed by atoms with Gasteiger partial charge in [-0.05, 0) is 55.4 Å². The predicted molar refractivity (Wildman–Crippen MR) is 77.7 cm³/mol. The minimum Gasteiger partial charge on any atom is -0.458 e. The van der Waals surface area contributed by atoms with Gasteiger partial charge in [-0.3, -0.25) is 4.79 Å². The second kappa shape index (κ2) is 5.15. The van der Waals surface area contributed by atoms with E-state index in [1.165, 1.54) is 24.5 Å². The van der Waals surface area contributed by atoms with Crippen LogP contribution in [0.2, 0.25) is 0 Å². The van der Waals surface area contributed by atoms with Gasteiger partial charge in [0.25, 0.3) is 0 Å². The average Bonchev–Trinajstić information content (AvgIpc) is 2.33. The number of carbonyl (C=O) groups excluding carboxylic acids is 1. The zero-order valence-electron chi connectivity index (χ0n) is 12.7. The maximum absolute atomic E-state index is 11.2. The monoisotopic (exact) mass is 262 g/mol. The van der Waals surface area contributed by atoms with Crippen LogP contribution in [0.4, 0.5) is 0 Å². The molecule has 0 heterocycles. The van der Waals surface area contributed by atoms with Gasteiger partial charge in [0.1, 0.15) is 6.10 Å². The number of rotatable bonds is 1. The Bertz CT molecular complexity index is 417. The van der Waals surface area contributed by atoms with Gasteiger partial charge in [-0.1, -0.05) is 32.1 Å². The summed E-state index contributed by atoms with van der Waals surface area (Å²) >= 11 is 0. The van der Waals surface area contributed by atoms with Crippen LogP contribution in [0.25, 0.3) is 0 Å². The second-order valence-electron chi connectivity index (χ2n) is 6.88. The molecule has 2 aliphatic rings. The van der Waals surface area contributed by atoms with Crippen molar-refractivity contribution in [2.75, 3.05) is 0 Å². The van der Waals surface area contributed by atoms with Crippen LogP contribution in [0.1, 0.15) is 53.4 Å². The van der Waals surface area contributed by atoms with Crippen molar-refractivity contribution < 1.29 is 9.53 Å². The minimum absolute atomic E-state index is 0.0603. The first-order chi connectivity index (χ1) is 8.81. The third-order valence-corrected chi connectivity index (χ3v) is 5.00. The van der Waals surface area contributed by atoms with E-state index in [1.807, 2.05) is 0 Å². The van der Waals surface area contributed by atoms with E-state index in [-0.39, 0.29) is 12.1 Å². The molecule has 0 spiro atoms. The largest absolute Gasteiger partial charge is 0.458 e. The molecule has 2 nitrogen and oxygen atoms in total. The molecule has 1 fully saturated rings. The third-order valence-electron chi connectivity index (χ3n) is 5.00. The fourth-order valence-corrected chi connectivity index (χ4v) is 3.68. The molecule has 0 radical (unpaired) electrons. The Morgan fingerprint density at radius 3 is 2.74 bits per heavy atom. The van der Waals surface area contributed by atoms with Crippen molar-refractivity contribution in [1.82, 2.24) is 0 Å². The third kappa shape index (κ3) is 2.93. The molecule has 2 rings (SSSR count). The molecule has 3 atom stereocenters. The second-order valence-corrected chi connectivity index (χ2v) is 6.88. The lowest BCUT2D eigenvalue weighted by atomic mass is 9.52. The van der Waals surface area contributed by atoms with E-state index in [4.69, 9.17) is 4.74 Å². The van der Waals surface area contributed by atoms with Gasteiger partial charge in [0.2, 0.25) is 0 Å². The quantitative estimate of drug-likeness (QED) is 0.521. The summed E-state index contributed by atoms with van der Waals surface area (Å²) in [5.41, 5.74) is 2.97. The van der Waals surface area contributed by atoms with E-state index in [2.05, 4.69) is 33.4 Å². The lowest BCUT2D eigenvalue weighted by Crippen LogP contribution is -2.44. The Morgan fingerprint density at radius 2 is 2.16 bits per heavy atom. The smallest absolute Gasteiger partial charge is 0.303 e. The van der Waals surface area contributed by atoms with Crippen molar-refractivity contribution in [3.8, 4) is 0 Å². The Kier molecular flexibility index (Phi) is 3.89. The number of fused-ring (bicyclic) bond motifs is 1. The van der Waals surface area contributed by atoms with E-state index >= 15 is 0 Å². The molecule has 0 aliphatic heterocycles. The van der Waals surface area contributed by atoms with Gasteiger partial charge >= 0.3 is 5.97 Å². The number of hydrogen-bond donors (Lipinski definition) is 0. The SMILES string of the molecule is C=C1CCC(OC(C)=O)/C(C)=C\CC2C1CC2(C)C. The van der Waals surface area contributed by atoms with Crippen molar-refractivity contribution in [2.24, 2.45) is 17.3 Å². The van der Waals surface area contributed by atoms with Gasteiger partial charge in [-0.15, -0.1) is 0 Å². The average molecular weight is 262 g/mol. The van der Waals surface area contributed by atoms with Crippen molar-refractivity contribution in [3.63, 3.8) is 0 Å². The molecule has 2 heteroatoms. The highest BCUT2D eigenvalue weighted by Crippen LogP contribution is 2.56. The Hall–Kier alpha value is -1.05. The molecule has 3 unspecified atom stereocenters. The van der Waals surface area contributed by atoms with Gasteiger partial charge in [0.15, 0.2) is 0 Å². The summed E-state index contributed by atoms with van der Waals surface area (Å²) in [7, 11) is 0. The van der Waals surface area contributed by atoms with Gasteiger partial charge in [0, 0.05) is 6.92 Å². The first kappa shape index (κ1) is 14.4. The molecule has 0 bridgehead atoms. The Labute approximate surface area is 116 Å². The molecule has 0 aromatic heterocycles. The molecular weight excluding hydrogens is 236 g/mol. The highest BCUT2D eigenvalue weighted by atomic mass is 16.5. The van der Waals surface area contributed by atoms with Crippen LogP contribution in [0.3, 0.4) is 0 Å². The topological polar surface area (TPSA) is 26.3 Å². The maximum Gasteiger partial charge on any atom is 0.303 e. The van der Waals surface area contributed by atoms with Crippen molar-refractivity contribution in [2.45, 2.75) is 59.5 Å². The van der Waals surface area contributed by atoms with Gasteiger partial charge in [-0.25, -0.2) is 0 Å². The first-order valence-electron chi connectivity index (χ1n) is 7.33. The van der Waals surface area contributed by atoms with Crippen LogP contribution in [-0.4, -0.2) is 12.1 Å². The summed E-state index contributed by atoms with van der Waals surface area (Å²) in [5, 5.41) is 0. The fourth-order valence-electron chi connectivity index (χ4n) is 3.68. The number of hydrogen-bond acceptors (Lipinski definition) is 2. The molecule has 0 aromatic rings. The maximum atomic E-state index is 11.2. The number of carbonyl (C=O) groups is 1. The molecule has 1 saturated carbocycles.